The summed E-state index contributed by atoms with van der Waals surface area (Å²) in [6.07, 6.45) is 0. The number of hydrogen-bond donors (Lipinski definition) is 0. The minimum Gasteiger partial charge on any atom is -0.456 e. The standard InChI is InChI=1S/C51H29N3OS2/c1-3-13-30(14-4-1)49-52-50(31-15-5-2-6-16-31)54-51(53-49)38-20-11-21-40-46(38)35-26-25-32(28-41(35)55-40)39-27-33(29-45-48(39)37-18-8-10-23-43(37)57-45)34-19-12-24-44-47(34)36-17-7-9-22-42(36)56-44/h1-29H. The van der Waals surface area contributed by atoms with Gasteiger partial charge >= 0.3 is 0 Å². The molecule has 8 aromatic carbocycles. The number of nitrogens with zero attached hydrogens (tertiary/aromatic N) is 3. The van der Waals surface area contributed by atoms with Crippen LogP contribution in [-0.4, -0.2) is 15.0 Å². The molecule has 0 saturated carbocycles. The smallest absolute Gasteiger partial charge is 0.164 e. The highest BCUT2D eigenvalue weighted by Gasteiger charge is 2.21. The number of thiophene rings is 2. The van der Waals surface area contributed by atoms with E-state index < -0.39 is 0 Å². The van der Waals surface area contributed by atoms with Crippen LogP contribution < -0.4 is 0 Å². The van der Waals surface area contributed by atoms with Gasteiger partial charge in [-0.05, 0) is 70.8 Å². The van der Waals surface area contributed by atoms with Gasteiger partial charge in [0, 0.05) is 67.8 Å². The van der Waals surface area contributed by atoms with Gasteiger partial charge in [0.05, 0.1) is 0 Å². The molecule has 0 N–H and O–H groups in total. The lowest BCUT2D eigenvalue weighted by Crippen LogP contribution is -2.00. The van der Waals surface area contributed by atoms with E-state index in [0.29, 0.717) is 17.5 Å². The molecule has 12 rings (SSSR count). The fourth-order valence-corrected chi connectivity index (χ4v) is 10.7. The van der Waals surface area contributed by atoms with Crippen LogP contribution >= 0.6 is 22.7 Å². The molecule has 6 heteroatoms. The highest BCUT2D eigenvalue weighted by atomic mass is 32.1. The van der Waals surface area contributed by atoms with Crippen molar-refractivity contribution in [3.8, 4) is 56.4 Å². The molecule has 4 aromatic heterocycles. The molecule has 0 fully saturated rings. The van der Waals surface area contributed by atoms with Gasteiger partial charge in [0.1, 0.15) is 11.2 Å². The maximum atomic E-state index is 6.73. The summed E-state index contributed by atoms with van der Waals surface area (Å²) in [5.74, 6) is 1.86. The average molecular weight is 764 g/mol. The molecule has 0 spiro atoms. The Morgan fingerprint density at radius 2 is 0.895 bits per heavy atom. The van der Waals surface area contributed by atoms with Crippen LogP contribution in [0.5, 0.6) is 0 Å². The molecule has 0 aliphatic heterocycles. The van der Waals surface area contributed by atoms with Gasteiger partial charge in [-0.25, -0.2) is 15.0 Å². The number of rotatable bonds is 5. The van der Waals surface area contributed by atoms with Gasteiger partial charge < -0.3 is 4.42 Å². The van der Waals surface area contributed by atoms with Gasteiger partial charge in [-0.3, -0.25) is 0 Å². The first-order valence-corrected chi connectivity index (χ1v) is 20.6. The normalized spacial score (nSPS) is 11.9. The van der Waals surface area contributed by atoms with Crippen molar-refractivity contribution in [3.63, 3.8) is 0 Å². The SMILES string of the molecule is c1ccc(-c2nc(-c3ccccc3)nc(-c3cccc4oc5cc(-c6cc(-c7cccc8sc9ccccc9c78)cc7sc8ccccc8c67)ccc5c34)n2)cc1. The van der Waals surface area contributed by atoms with E-state index in [4.69, 9.17) is 19.4 Å². The second-order valence-corrected chi connectivity index (χ2v) is 16.5. The van der Waals surface area contributed by atoms with E-state index in [1.807, 2.05) is 95.5 Å². The minimum atomic E-state index is 0.606. The molecule has 4 nitrogen and oxygen atoms in total. The second kappa shape index (κ2) is 12.8. The summed E-state index contributed by atoms with van der Waals surface area (Å²) < 4.78 is 11.9. The summed E-state index contributed by atoms with van der Waals surface area (Å²) in [7, 11) is 0. The molecule has 0 amide bonds. The average Bonchev–Trinajstić information content (AvgIpc) is 3.97. The summed E-state index contributed by atoms with van der Waals surface area (Å²) in [6.45, 7) is 0. The Bertz CT molecular complexity index is 3470. The molecule has 0 aliphatic carbocycles. The largest absolute Gasteiger partial charge is 0.456 e. The first-order valence-electron chi connectivity index (χ1n) is 18.9. The minimum absolute atomic E-state index is 0.606. The van der Waals surface area contributed by atoms with Crippen LogP contribution in [0.25, 0.3) is 119 Å². The van der Waals surface area contributed by atoms with Crippen molar-refractivity contribution in [1.82, 2.24) is 15.0 Å². The number of furan rings is 1. The van der Waals surface area contributed by atoms with E-state index >= 15 is 0 Å². The summed E-state index contributed by atoms with van der Waals surface area (Å²) in [5.41, 5.74) is 9.15. The zero-order chi connectivity index (χ0) is 37.5. The van der Waals surface area contributed by atoms with Gasteiger partial charge in [0.25, 0.3) is 0 Å². The third-order valence-electron chi connectivity index (χ3n) is 10.9. The Labute approximate surface area is 335 Å². The van der Waals surface area contributed by atoms with E-state index in [1.54, 1.807) is 0 Å². The van der Waals surface area contributed by atoms with Crippen LogP contribution in [0.15, 0.2) is 180 Å². The maximum absolute atomic E-state index is 6.73. The third kappa shape index (κ3) is 5.22. The van der Waals surface area contributed by atoms with Crippen molar-refractivity contribution in [2.24, 2.45) is 0 Å². The first kappa shape index (κ1) is 32.3. The molecule has 266 valence electrons. The predicted molar refractivity (Wildman–Crippen MR) is 240 cm³/mol. The highest BCUT2D eigenvalue weighted by Crippen LogP contribution is 2.47. The molecule has 0 aliphatic rings. The predicted octanol–water partition coefficient (Wildman–Crippen LogP) is 14.8. The molecule has 0 saturated heterocycles. The Balaban J connectivity index is 1.07. The monoisotopic (exact) mass is 763 g/mol. The van der Waals surface area contributed by atoms with E-state index in [2.05, 4.69) is 103 Å². The van der Waals surface area contributed by atoms with Gasteiger partial charge in [-0.2, -0.15) is 0 Å². The van der Waals surface area contributed by atoms with Crippen LogP contribution in [0, 0.1) is 0 Å². The Morgan fingerprint density at radius 3 is 1.61 bits per heavy atom. The van der Waals surface area contributed by atoms with E-state index in [1.165, 1.54) is 57.0 Å². The van der Waals surface area contributed by atoms with Crippen LogP contribution in [0.4, 0.5) is 0 Å². The Kier molecular flexibility index (Phi) is 7.24. The van der Waals surface area contributed by atoms with Crippen molar-refractivity contribution in [1.29, 1.82) is 0 Å². The second-order valence-electron chi connectivity index (χ2n) is 14.3. The molecule has 12 aromatic rings. The Hall–Kier alpha value is -6.99. The van der Waals surface area contributed by atoms with Gasteiger partial charge in [0.2, 0.25) is 0 Å². The summed E-state index contributed by atoms with van der Waals surface area (Å²) >= 11 is 3.71. The van der Waals surface area contributed by atoms with Crippen LogP contribution in [0.3, 0.4) is 0 Å². The van der Waals surface area contributed by atoms with Crippen LogP contribution in [0.1, 0.15) is 0 Å². The summed E-state index contributed by atoms with van der Waals surface area (Å²) in [6, 6.07) is 62.0. The highest BCUT2D eigenvalue weighted by molar-refractivity contribution is 7.26. The third-order valence-corrected chi connectivity index (χ3v) is 13.2. The van der Waals surface area contributed by atoms with E-state index in [-0.39, 0.29) is 0 Å². The van der Waals surface area contributed by atoms with Crippen molar-refractivity contribution < 1.29 is 4.42 Å². The van der Waals surface area contributed by atoms with Crippen LogP contribution in [0.2, 0.25) is 0 Å². The lowest BCUT2D eigenvalue weighted by atomic mass is 9.92. The number of fused-ring (bicyclic) bond motifs is 9. The van der Waals surface area contributed by atoms with E-state index in [0.717, 1.165) is 44.2 Å². The van der Waals surface area contributed by atoms with Crippen molar-refractivity contribution in [3.05, 3.63) is 176 Å². The van der Waals surface area contributed by atoms with Crippen LogP contribution in [-0.2, 0) is 0 Å². The lowest BCUT2D eigenvalue weighted by Gasteiger charge is -2.11. The fraction of sp³-hybridized carbons (Fsp3) is 0. The zero-order valence-electron chi connectivity index (χ0n) is 30.3. The van der Waals surface area contributed by atoms with Gasteiger partial charge in [-0.15, -0.1) is 22.7 Å². The number of benzene rings is 8. The van der Waals surface area contributed by atoms with Crippen molar-refractivity contribution in [2.75, 3.05) is 0 Å². The quantitative estimate of drug-likeness (QED) is 0.175. The Morgan fingerprint density at radius 1 is 0.316 bits per heavy atom. The summed E-state index contributed by atoms with van der Waals surface area (Å²) in [4.78, 5) is 15.1. The molecule has 4 heterocycles. The first-order chi connectivity index (χ1) is 28.2. The molecule has 0 bridgehead atoms. The molecular formula is C51H29N3OS2. The molecule has 0 radical (unpaired) electrons. The molecule has 57 heavy (non-hydrogen) atoms. The van der Waals surface area contributed by atoms with Gasteiger partial charge in [0.15, 0.2) is 17.5 Å². The fourth-order valence-electron chi connectivity index (χ4n) is 8.36. The molecule has 0 unspecified atom stereocenters. The number of hydrogen-bond acceptors (Lipinski definition) is 6. The molecular weight excluding hydrogens is 735 g/mol. The van der Waals surface area contributed by atoms with Crippen molar-refractivity contribution in [2.45, 2.75) is 0 Å². The van der Waals surface area contributed by atoms with Gasteiger partial charge in [-0.1, -0.05) is 127 Å². The lowest BCUT2D eigenvalue weighted by molar-refractivity contribution is 0.669. The number of aromatic nitrogens is 3. The topological polar surface area (TPSA) is 51.8 Å². The van der Waals surface area contributed by atoms with Crippen molar-refractivity contribution >= 4 is 85.0 Å². The maximum Gasteiger partial charge on any atom is 0.164 e. The molecule has 0 atom stereocenters. The summed E-state index contributed by atoms with van der Waals surface area (Å²) in [5, 5.41) is 7.15. The zero-order valence-corrected chi connectivity index (χ0v) is 31.9. The van der Waals surface area contributed by atoms with E-state index in [9.17, 15) is 0 Å².